The Balaban J connectivity index is 1.48. The number of carbonyl (C=O) groups is 1. The number of carbonyl (C=O) groups excluding carboxylic acids is 1. The number of amides is 1. The second kappa shape index (κ2) is 8.47. The number of pyridine rings is 1. The first-order valence-corrected chi connectivity index (χ1v) is 10.4. The molecular formula is C22H29N5O3. The third-order valence-electron chi connectivity index (χ3n) is 5.76. The van der Waals surface area contributed by atoms with E-state index >= 15 is 0 Å². The summed E-state index contributed by atoms with van der Waals surface area (Å²) in [6, 6.07) is 6.39. The number of ether oxygens (including phenoxy) is 1. The molecule has 0 aliphatic carbocycles. The van der Waals surface area contributed by atoms with Crippen LogP contribution in [0.4, 0.5) is 6.01 Å². The Hall–Kier alpha value is -2.87. The highest BCUT2D eigenvalue weighted by Crippen LogP contribution is 2.23. The molecule has 8 nitrogen and oxygen atoms in total. The molecule has 0 saturated carbocycles. The third-order valence-corrected chi connectivity index (χ3v) is 5.76. The molecule has 1 fully saturated rings. The molecule has 0 spiro atoms. The molecule has 0 N–H and O–H groups in total. The van der Waals surface area contributed by atoms with Crippen LogP contribution in [0.25, 0.3) is 11.2 Å². The lowest BCUT2D eigenvalue weighted by atomic mass is 10.2. The lowest BCUT2D eigenvalue weighted by molar-refractivity contribution is 0.0766. The quantitative estimate of drug-likeness (QED) is 0.643. The molecule has 30 heavy (non-hydrogen) atoms. The van der Waals surface area contributed by atoms with Gasteiger partial charge in [0, 0.05) is 56.9 Å². The fourth-order valence-corrected chi connectivity index (χ4v) is 4.06. The number of nitrogens with zero attached hydrogens (tertiary/aromatic N) is 5. The monoisotopic (exact) mass is 411 g/mol. The van der Waals surface area contributed by atoms with Crippen LogP contribution in [-0.4, -0.2) is 65.2 Å². The molecule has 0 bridgehead atoms. The summed E-state index contributed by atoms with van der Waals surface area (Å²) in [5.41, 5.74) is 5.09. The molecule has 0 radical (unpaired) electrons. The normalized spacial score (nSPS) is 15.1. The molecule has 1 saturated heterocycles. The van der Waals surface area contributed by atoms with Gasteiger partial charge in [0.15, 0.2) is 5.58 Å². The van der Waals surface area contributed by atoms with E-state index in [2.05, 4.69) is 19.4 Å². The smallest absolute Gasteiger partial charge is 0.300 e. The SMILES string of the molecule is COCCn1c(C)cc(C(=O)N2CCCN(c3nc4nc(C)ccc4o3)CC2)c1C. The molecule has 1 aliphatic rings. The molecular weight excluding hydrogens is 382 g/mol. The van der Waals surface area contributed by atoms with E-state index in [0.717, 1.165) is 42.2 Å². The zero-order valence-corrected chi connectivity index (χ0v) is 18.1. The average molecular weight is 412 g/mol. The highest BCUT2D eigenvalue weighted by atomic mass is 16.5. The van der Waals surface area contributed by atoms with Crippen LogP contribution in [0, 0.1) is 20.8 Å². The molecule has 8 heteroatoms. The van der Waals surface area contributed by atoms with E-state index < -0.39 is 0 Å². The van der Waals surface area contributed by atoms with Crippen molar-refractivity contribution in [3.8, 4) is 0 Å². The predicted octanol–water partition coefficient (Wildman–Crippen LogP) is 2.95. The number of aromatic nitrogens is 3. The number of aryl methyl sites for hydroxylation is 2. The van der Waals surface area contributed by atoms with Crippen molar-refractivity contribution < 1.29 is 13.9 Å². The van der Waals surface area contributed by atoms with Crippen molar-refractivity contribution in [2.75, 3.05) is 44.8 Å². The van der Waals surface area contributed by atoms with E-state index in [9.17, 15) is 4.79 Å². The molecule has 1 aliphatic heterocycles. The number of anilines is 1. The number of methoxy groups -OCH3 is 1. The van der Waals surface area contributed by atoms with Gasteiger partial charge in [-0.25, -0.2) is 4.98 Å². The van der Waals surface area contributed by atoms with Crippen LogP contribution < -0.4 is 4.90 Å². The van der Waals surface area contributed by atoms with E-state index in [1.165, 1.54) is 0 Å². The highest BCUT2D eigenvalue weighted by Gasteiger charge is 2.25. The predicted molar refractivity (Wildman–Crippen MR) is 115 cm³/mol. The maximum absolute atomic E-state index is 13.2. The van der Waals surface area contributed by atoms with E-state index in [-0.39, 0.29) is 5.91 Å². The van der Waals surface area contributed by atoms with Crippen LogP contribution in [0.2, 0.25) is 0 Å². The maximum atomic E-state index is 13.2. The van der Waals surface area contributed by atoms with Crippen molar-refractivity contribution >= 4 is 23.2 Å². The Morgan fingerprint density at radius 1 is 1.13 bits per heavy atom. The van der Waals surface area contributed by atoms with Gasteiger partial charge in [0.1, 0.15) is 0 Å². The molecule has 3 aromatic heterocycles. The van der Waals surface area contributed by atoms with E-state index in [4.69, 9.17) is 9.15 Å². The standard InChI is InChI=1S/C22H29N5O3/c1-15-6-7-19-20(23-15)24-22(30-19)26-9-5-8-25(10-11-26)21(28)18-14-16(2)27(17(18)3)12-13-29-4/h6-7,14H,5,8-13H2,1-4H3. The van der Waals surface area contributed by atoms with Crippen LogP contribution >= 0.6 is 0 Å². The summed E-state index contributed by atoms with van der Waals surface area (Å²) in [5.74, 6) is 0.0865. The number of fused-ring (bicyclic) bond motifs is 1. The molecule has 3 aromatic rings. The minimum Gasteiger partial charge on any atom is -0.422 e. The van der Waals surface area contributed by atoms with Gasteiger partial charge in [-0.1, -0.05) is 0 Å². The van der Waals surface area contributed by atoms with Crippen molar-refractivity contribution in [3.63, 3.8) is 0 Å². The molecule has 0 unspecified atom stereocenters. The van der Waals surface area contributed by atoms with E-state index in [1.54, 1.807) is 7.11 Å². The Bertz CT molecular complexity index is 1050. The van der Waals surface area contributed by atoms with Crippen LogP contribution in [0.5, 0.6) is 0 Å². The number of hydrogen-bond acceptors (Lipinski definition) is 6. The summed E-state index contributed by atoms with van der Waals surface area (Å²) in [4.78, 5) is 26.3. The first-order valence-electron chi connectivity index (χ1n) is 10.4. The summed E-state index contributed by atoms with van der Waals surface area (Å²) in [6.45, 7) is 10.2. The van der Waals surface area contributed by atoms with Crippen molar-refractivity contribution in [3.05, 3.63) is 40.8 Å². The molecule has 1 amide bonds. The molecule has 160 valence electrons. The van der Waals surface area contributed by atoms with Gasteiger partial charge < -0.3 is 23.5 Å². The zero-order valence-electron chi connectivity index (χ0n) is 18.1. The van der Waals surface area contributed by atoms with Crippen LogP contribution in [-0.2, 0) is 11.3 Å². The van der Waals surface area contributed by atoms with Crippen molar-refractivity contribution in [2.24, 2.45) is 0 Å². The van der Waals surface area contributed by atoms with Gasteiger partial charge in [0.25, 0.3) is 11.9 Å². The molecule has 0 atom stereocenters. The van der Waals surface area contributed by atoms with E-state index in [0.29, 0.717) is 43.5 Å². The van der Waals surface area contributed by atoms with Gasteiger partial charge in [0.2, 0.25) is 5.65 Å². The summed E-state index contributed by atoms with van der Waals surface area (Å²) >= 11 is 0. The fourth-order valence-electron chi connectivity index (χ4n) is 4.06. The van der Waals surface area contributed by atoms with Gasteiger partial charge in [-0.3, -0.25) is 4.79 Å². The van der Waals surface area contributed by atoms with Gasteiger partial charge in [0.05, 0.1) is 12.2 Å². The van der Waals surface area contributed by atoms with E-state index in [1.807, 2.05) is 43.9 Å². The van der Waals surface area contributed by atoms with Crippen LogP contribution in [0.1, 0.15) is 33.9 Å². The maximum Gasteiger partial charge on any atom is 0.300 e. The first-order chi connectivity index (χ1) is 14.5. The first kappa shape index (κ1) is 20.4. The second-order valence-corrected chi connectivity index (χ2v) is 7.83. The summed E-state index contributed by atoms with van der Waals surface area (Å²) in [6.07, 6.45) is 0.860. The zero-order chi connectivity index (χ0) is 21.3. The number of hydrogen-bond donors (Lipinski definition) is 0. The highest BCUT2D eigenvalue weighted by molar-refractivity contribution is 5.95. The number of rotatable bonds is 5. The van der Waals surface area contributed by atoms with Crippen molar-refractivity contribution in [1.29, 1.82) is 0 Å². The molecule has 0 aromatic carbocycles. The third kappa shape index (κ3) is 3.92. The Morgan fingerprint density at radius 2 is 1.97 bits per heavy atom. The minimum absolute atomic E-state index is 0.0865. The lowest BCUT2D eigenvalue weighted by Crippen LogP contribution is -2.35. The Morgan fingerprint density at radius 3 is 2.77 bits per heavy atom. The average Bonchev–Trinajstić information content (AvgIpc) is 3.15. The minimum atomic E-state index is 0.0865. The fraction of sp³-hybridized carbons (Fsp3) is 0.500. The van der Waals surface area contributed by atoms with Gasteiger partial charge >= 0.3 is 0 Å². The molecule has 4 heterocycles. The summed E-state index contributed by atoms with van der Waals surface area (Å²) in [7, 11) is 1.69. The topological polar surface area (TPSA) is 76.6 Å². The van der Waals surface area contributed by atoms with Crippen LogP contribution in [0.3, 0.4) is 0 Å². The second-order valence-electron chi connectivity index (χ2n) is 7.83. The van der Waals surface area contributed by atoms with Gasteiger partial charge in [-0.05, 0) is 45.4 Å². The van der Waals surface area contributed by atoms with Crippen LogP contribution in [0.15, 0.2) is 22.6 Å². The van der Waals surface area contributed by atoms with Gasteiger partial charge in [-0.15, -0.1) is 0 Å². The molecule has 4 rings (SSSR count). The van der Waals surface area contributed by atoms with Crippen molar-refractivity contribution in [1.82, 2.24) is 19.4 Å². The Labute approximate surface area is 176 Å². The van der Waals surface area contributed by atoms with Gasteiger partial charge in [-0.2, -0.15) is 4.98 Å². The Kier molecular flexibility index (Phi) is 5.76. The summed E-state index contributed by atoms with van der Waals surface area (Å²) < 4.78 is 13.3. The summed E-state index contributed by atoms with van der Waals surface area (Å²) in [5, 5.41) is 0. The number of oxazole rings is 1. The lowest BCUT2D eigenvalue weighted by Gasteiger charge is -2.21. The largest absolute Gasteiger partial charge is 0.422 e. The van der Waals surface area contributed by atoms with Crippen molar-refractivity contribution in [2.45, 2.75) is 33.7 Å².